The van der Waals surface area contributed by atoms with E-state index < -0.39 is 0 Å². The topological polar surface area (TPSA) is 49.4 Å². The lowest BCUT2D eigenvalue weighted by atomic mass is 10.0. The Kier molecular flexibility index (Phi) is 7.06. The van der Waals surface area contributed by atoms with Crippen LogP contribution in [-0.2, 0) is 4.79 Å². The summed E-state index contributed by atoms with van der Waals surface area (Å²) >= 11 is 5.83. The van der Waals surface area contributed by atoms with E-state index in [4.69, 9.17) is 11.6 Å². The van der Waals surface area contributed by atoms with E-state index in [0.29, 0.717) is 16.6 Å². The van der Waals surface area contributed by atoms with Crippen molar-refractivity contribution in [3.63, 3.8) is 0 Å². The number of hydrogen-bond donors (Lipinski definition) is 1. The minimum Gasteiger partial charge on any atom is -0.340 e. The first kappa shape index (κ1) is 18.0. The molecule has 0 atom stereocenters. The van der Waals surface area contributed by atoms with Gasteiger partial charge in [0, 0.05) is 36.0 Å². The van der Waals surface area contributed by atoms with E-state index in [1.54, 1.807) is 24.3 Å². The second-order valence-electron chi connectivity index (χ2n) is 6.00. The van der Waals surface area contributed by atoms with Gasteiger partial charge in [-0.25, -0.2) is 0 Å². The number of Topliss-reactive ketones (excluding diaryl/α,β-unsaturated/α-hetero) is 1. The highest BCUT2D eigenvalue weighted by Crippen LogP contribution is 2.16. The van der Waals surface area contributed by atoms with Crippen molar-refractivity contribution in [2.24, 2.45) is 0 Å². The second kappa shape index (κ2) is 9.04. The first-order valence-electron chi connectivity index (χ1n) is 8.40. The summed E-state index contributed by atoms with van der Waals surface area (Å²) in [6.07, 6.45) is 3.48. The molecule has 1 aliphatic rings. The van der Waals surface area contributed by atoms with Crippen molar-refractivity contribution < 1.29 is 9.59 Å². The number of halogens is 1. The molecule has 1 aromatic rings. The number of ketones is 1. The van der Waals surface area contributed by atoms with Crippen LogP contribution in [0.3, 0.4) is 0 Å². The minimum absolute atomic E-state index is 0.00299. The molecule has 0 saturated carbocycles. The van der Waals surface area contributed by atoms with Crippen molar-refractivity contribution in [1.82, 2.24) is 10.2 Å². The van der Waals surface area contributed by atoms with Gasteiger partial charge in [-0.1, -0.05) is 18.5 Å². The van der Waals surface area contributed by atoms with Gasteiger partial charge in [0.25, 0.3) is 0 Å². The predicted octanol–water partition coefficient (Wildman–Crippen LogP) is 3.29. The van der Waals surface area contributed by atoms with Crippen LogP contribution in [0.4, 0.5) is 0 Å². The molecule has 0 aromatic heterocycles. The molecule has 1 fully saturated rings. The van der Waals surface area contributed by atoms with Gasteiger partial charge in [0.1, 0.15) is 0 Å². The Hall–Kier alpha value is -1.39. The molecule has 0 radical (unpaired) electrons. The minimum atomic E-state index is -0.00299. The SMILES string of the molecule is CCCN(C(=O)CCC(=O)c1ccc(Cl)cc1)C1CCNCC1. The molecule has 0 unspecified atom stereocenters. The summed E-state index contributed by atoms with van der Waals surface area (Å²) < 4.78 is 0. The largest absolute Gasteiger partial charge is 0.340 e. The maximum absolute atomic E-state index is 12.6. The van der Waals surface area contributed by atoms with Crippen LogP contribution in [0, 0.1) is 0 Å². The summed E-state index contributed by atoms with van der Waals surface area (Å²) in [5, 5.41) is 3.93. The van der Waals surface area contributed by atoms with Crippen LogP contribution in [0.1, 0.15) is 49.4 Å². The lowest BCUT2D eigenvalue weighted by Gasteiger charge is -2.34. The van der Waals surface area contributed by atoms with Gasteiger partial charge >= 0.3 is 0 Å². The Balaban J connectivity index is 1.90. The Morgan fingerprint density at radius 2 is 1.83 bits per heavy atom. The van der Waals surface area contributed by atoms with Gasteiger partial charge in [-0.05, 0) is 56.6 Å². The fraction of sp³-hybridized carbons (Fsp3) is 0.556. The Morgan fingerprint density at radius 1 is 1.17 bits per heavy atom. The summed E-state index contributed by atoms with van der Waals surface area (Å²) in [5.41, 5.74) is 0.617. The van der Waals surface area contributed by atoms with Crippen LogP contribution in [0.15, 0.2) is 24.3 Å². The van der Waals surface area contributed by atoms with Crippen molar-refractivity contribution in [2.75, 3.05) is 19.6 Å². The maximum atomic E-state index is 12.6. The monoisotopic (exact) mass is 336 g/mol. The van der Waals surface area contributed by atoms with Crippen LogP contribution >= 0.6 is 11.6 Å². The van der Waals surface area contributed by atoms with Gasteiger partial charge in [0.05, 0.1) is 0 Å². The van der Waals surface area contributed by atoms with Crippen molar-refractivity contribution in [1.29, 1.82) is 0 Å². The van der Waals surface area contributed by atoms with Crippen molar-refractivity contribution in [3.8, 4) is 0 Å². The average molecular weight is 337 g/mol. The summed E-state index contributed by atoms with van der Waals surface area (Å²) in [7, 11) is 0. The summed E-state index contributed by atoms with van der Waals surface area (Å²) in [6.45, 7) is 4.78. The molecule has 0 spiro atoms. The van der Waals surface area contributed by atoms with Gasteiger partial charge in [-0.15, -0.1) is 0 Å². The summed E-state index contributed by atoms with van der Waals surface area (Å²) in [4.78, 5) is 26.7. The van der Waals surface area contributed by atoms with Crippen LogP contribution in [0.2, 0.25) is 5.02 Å². The number of rotatable bonds is 7. The highest BCUT2D eigenvalue weighted by Gasteiger charge is 2.24. The number of amides is 1. The van der Waals surface area contributed by atoms with E-state index in [1.165, 1.54) is 0 Å². The Morgan fingerprint density at radius 3 is 2.43 bits per heavy atom. The van der Waals surface area contributed by atoms with E-state index in [9.17, 15) is 9.59 Å². The lowest BCUT2D eigenvalue weighted by Crippen LogP contribution is -2.46. The molecule has 1 saturated heterocycles. The molecule has 23 heavy (non-hydrogen) atoms. The van der Waals surface area contributed by atoms with Crippen molar-refractivity contribution in [3.05, 3.63) is 34.9 Å². The number of nitrogens with zero attached hydrogens (tertiary/aromatic N) is 1. The highest BCUT2D eigenvalue weighted by atomic mass is 35.5. The van der Waals surface area contributed by atoms with Crippen LogP contribution in [0.5, 0.6) is 0 Å². The molecule has 4 nitrogen and oxygen atoms in total. The maximum Gasteiger partial charge on any atom is 0.223 e. The molecule has 1 amide bonds. The number of carbonyl (C=O) groups excluding carboxylic acids is 2. The van der Waals surface area contributed by atoms with Gasteiger partial charge < -0.3 is 10.2 Å². The molecule has 126 valence electrons. The average Bonchev–Trinajstić information content (AvgIpc) is 2.58. The number of nitrogens with one attached hydrogen (secondary N) is 1. The van der Waals surface area contributed by atoms with Gasteiger partial charge in [-0.2, -0.15) is 0 Å². The van der Waals surface area contributed by atoms with Crippen LogP contribution in [0.25, 0.3) is 0 Å². The molecular formula is C18H25ClN2O2. The number of piperidine rings is 1. The predicted molar refractivity (Wildman–Crippen MR) is 92.9 cm³/mol. The van der Waals surface area contributed by atoms with E-state index in [1.807, 2.05) is 4.90 Å². The third kappa shape index (κ3) is 5.33. The van der Waals surface area contributed by atoms with Gasteiger partial charge in [0.2, 0.25) is 5.91 Å². The Bertz CT molecular complexity index is 524. The molecule has 0 bridgehead atoms. The zero-order valence-corrected chi connectivity index (χ0v) is 14.4. The van der Waals surface area contributed by atoms with Crippen LogP contribution < -0.4 is 5.32 Å². The molecule has 1 N–H and O–H groups in total. The number of carbonyl (C=O) groups is 2. The van der Waals surface area contributed by atoms with E-state index in [0.717, 1.165) is 38.9 Å². The molecule has 1 heterocycles. The second-order valence-corrected chi connectivity index (χ2v) is 6.43. The number of benzene rings is 1. The fourth-order valence-corrected chi connectivity index (χ4v) is 3.14. The molecular weight excluding hydrogens is 312 g/mol. The molecule has 0 aliphatic carbocycles. The Labute approximate surface area is 143 Å². The van der Waals surface area contributed by atoms with Gasteiger partial charge in [-0.3, -0.25) is 9.59 Å². The van der Waals surface area contributed by atoms with E-state index in [-0.39, 0.29) is 24.5 Å². The smallest absolute Gasteiger partial charge is 0.223 e. The summed E-state index contributed by atoms with van der Waals surface area (Å²) in [6, 6.07) is 7.15. The molecule has 2 rings (SSSR count). The van der Waals surface area contributed by atoms with E-state index >= 15 is 0 Å². The van der Waals surface area contributed by atoms with E-state index in [2.05, 4.69) is 12.2 Å². The normalized spacial score (nSPS) is 15.4. The molecule has 5 heteroatoms. The molecule has 1 aliphatic heterocycles. The third-order valence-corrected chi connectivity index (χ3v) is 4.52. The van der Waals surface area contributed by atoms with Crippen molar-refractivity contribution >= 4 is 23.3 Å². The summed E-state index contributed by atoms with van der Waals surface area (Å²) in [5.74, 6) is 0.0952. The first-order chi connectivity index (χ1) is 11.1. The lowest BCUT2D eigenvalue weighted by molar-refractivity contribution is -0.134. The molecule has 1 aromatic carbocycles. The zero-order valence-electron chi connectivity index (χ0n) is 13.7. The fourth-order valence-electron chi connectivity index (χ4n) is 3.01. The zero-order chi connectivity index (χ0) is 16.7. The number of hydrogen-bond acceptors (Lipinski definition) is 3. The van der Waals surface area contributed by atoms with Crippen molar-refractivity contribution in [2.45, 2.75) is 45.1 Å². The third-order valence-electron chi connectivity index (χ3n) is 4.27. The van der Waals surface area contributed by atoms with Gasteiger partial charge in [0.15, 0.2) is 5.78 Å². The standard InChI is InChI=1S/C18H25ClN2O2/c1-2-13-21(16-9-11-20-12-10-16)18(23)8-7-17(22)14-3-5-15(19)6-4-14/h3-6,16,20H,2,7-13H2,1H3. The quantitative estimate of drug-likeness (QED) is 0.777. The first-order valence-corrected chi connectivity index (χ1v) is 8.78. The highest BCUT2D eigenvalue weighted by molar-refractivity contribution is 6.30. The van der Waals surface area contributed by atoms with Crippen LogP contribution in [-0.4, -0.2) is 42.3 Å².